The maximum Gasteiger partial charge on any atom is 0.274 e. The number of carbonyl (C=O) groups excluding carboxylic acids is 1. The summed E-state index contributed by atoms with van der Waals surface area (Å²) in [6.45, 7) is 0. The number of amides is 1. The van der Waals surface area contributed by atoms with Crippen molar-refractivity contribution in [3.8, 4) is 0 Å². The first kappa shape index (κ1) is 10.0. The van der Waals surface area contributed by atoms with Crippen molar-refractivity contribution in [1.29, 1.82) is 0 Å². The van der Waals surface area contributed by atoms with E-state index in [4.69, 9.17) is 5.21 Å². The van der Waals surface area contributed by atoms with Crippen LogP contribution in [0.5, 0.6) is 0 Å². The van der Waals surface area contributed by atoms with Gasteiger partial charge in [-0.3, -0.25) is 10.0 Å². The molecule has 0 aromatic heterocycles. The second kappa shape index (κ2) is 4.35. The summed E-state index contributed by atoms with van der Waals surface area (Å²) in [5.41, 5.74) is 6.89. The topological polar surface area (TPSA) is 73.4 Å². The van der Waals surface area contributed by atoms with Gasteiger partial charge in [0.1, 0.15) is 0 Å². The van der Waals surface area contributed by atoms with Crippen LogP contribution >= 0.6 is 11.9 Å². The molecule has 0 aliphatic carbocycles. The predicted octanol–water partition coefficient (Wildman–Crippen LogP) is 0.860. The third-order valence-corrected chi connectivity index (χ3v) is 2.55. The molecular formula is C9H9N3O2S. The molecule has 0 fully saturated rings. The molecule has 0 radical (unpaired) electrons. The highest BCUT2D eigenvalue weighted by molar-refractivity contribution is 8.00. The Morgan fingerprint density at radius 1 is 1.33 bits per heavy atom. The van der Waals surface area contributed by atoms with Crippen molar-refractivity contribution in [3.05, 3.63) is 40.8 Å². The van der Waals surface area contributed by atoms with Crippen LogP contribution in [0, 0.1) is 0 Å². The van der Waals surface area contributed by atoms with E-state index in [2.05, 4.69) is 10.3 Å². The summed E-state index contributed by atoms with van der Waals surface area (Å²) in [7, 11) is 0. The molecule has 1 aromatic rings. The first-order valence-corrected chi connectivity index (χ1v) is 5.11. The van der Waals surface area contributed by atoms with Gasteiger partial charge in [0.15, 0.2) is 0 Å². The maximum absolute atomic E-state index is 11.0. The van der Waals surface area contributed by atoms with Crippen LogP contribution < -0.4 is 15.7 Å². The van der Waals surface area contributed by atoms with Crippen LogP contribution in [0.2, 0.25) is 0 Å². The molecule has 1 aromatic carbocycles. The van der Waals surface area contributed by atoms with E-state index in [0.717, 1.165) is 11.3 Å². The molecule has 2 rings (SSSR count). The number of hydrogen-bond acceptors (Lipinski definition) is 5. The van der Waals surface area contributed by atoms with Gasteiger partial charge in [0.2, 0.25) is 0 Å². The van der Waals surface area contributed by atoms with Gasteiger partial charge in [-0.1, -0.05) is 12.1 Å². The van der Waals surface area contributed by atoms with Crippen molar-refractivity contribution in [3.63, 3.8) is 0 Å². The molecule has 1 amide bonds. The molecule has 0 saturated heterocycles. The van der Waals surface area contributed by atoms with E-state index in [1.165, 1.54) is 11.9 Å². The fraction of sp³-hybridized carbons (Fsp3) is 0. The molecule has 1 heterocycles. The number of hydrogen-bond donors (Lipinski definition) is 4. The van der Waals surface area contributed by atoms with E-state index >= 15 is 0 Å². The average molecular weight is 223 g/mol. The molecule has 0 spiro atoms. The highest BCUT2D eigenvalue weighted by atomic mass is 32.2. The highest BCUT2D eigenvalue weighted by Gasteiger charge is 2.08. The van der Waals surface area contributed by atoms with Gasteiger partial charge in [-0.15, -0.1) is 0 Å². The molecule has 0 unspecified atom stereocenters. The van der Waals surface area contributed by atoms with E-state index in [-0.39, 0.29) is 0 Å². The second-order valence-corrected chi connectivity index (χ2v) is 3.57. The van der Waals surface area contributed by atoms with Crippen LogP contribution in [0.4, 0.5) is 0 Å². The van der Waals surface area contributed by atoms with E-state index in [9.17, 15) is 4.79 Å². The zero-order chi connectivity index (χ0) is 10.7. The van der Waals surface area contributed by atoms with Crippen LogP contribution in [0.25, 0.3) is 5.70 Å². The minimum atomic E-state index is -0.512. The molecule has 0 saturated carbocycles. The fourth-order valence-corrected chi connectivity index (χ4v) is 1.75. The van der Waals surface area contributed by atoms with E-state index in [1.54, 1.807) is 29.7 Å². The first-order valence-electron chi connectivity index (χ1n) is 4.23. The van der Waals surface area contributed by atoms with Gasteiger partial charge in [0.05, 0.1) is 5.70 Å². The Bertz CT molecular complexity index is 402. The van der Waals surface area contributed by atoms with Gasteiger partial charge < -0.3 is 5.43 Å². The van der Waals surface area contributed by atoms with Crippen molar-refractivity contribution in [2.45, 2.75) is 0 Å². The van der Waals surface area contributed by atoms with Crippen LogP contribution in [0.3, 0.4) is 0 Å². The normalized spacial score (nSPS) is 14.3. The Kier molecular flexibility index (Phi) is 2.91. The molecule has 6 heteroatoms. The van der Waals surface area contributed by atoms with Gasteiger partial charge in [-0.05, 0) is 29.6 Å². The standard InChI is InChI=1S/C9H9N3O2S/c13-9(11-14)7-3-1-6(2-4-7)8-5-15-12-10-8/h1-5,10,12,14H,(H,11,13). The van der Waals surface area contributed by atoms with E-state index < -0.39 is 5.91 Å². The van der Waals surface area contributed by atoms with Crippen molar-refractivity contribution >= 4 is 23.6 Å². The number of carbonyl (C=O) groups is 1. The smallest absolute Gasteiger partial charge is 0.274 e. The van der Waals surface area contributed by atoms with Gasteiger partial charge in [0, 0.05) is 11.0 Å². The van der Waals surface area contributed by atoms with Gasteiger partial charge >= 0.3 is 0 Å². The summed E-state index contributed by atoms with van der Waals surface area (Å²) in [6, 6.07) is 6.90. The van der Waals surface area contributed by atoms with E-state index in [0.29, 0.717) is 5.56 Å². The zero-order valence-corrected chi connectivity index (χ0v) is 8.47. The van der Waals surface area contributed by atoms with Crippen LogP contribution in [-0.2, 0) is 0 Å². The molecule has 1 aliphatic heterocycles. The summed E-state index contributed by atoms with van der Waals surface area (Å²) in [4.78, 5) is 13.9. The number of rotatable bonds is 2. The summed E-state index contributed by atoms with van der Waals surface area (Å²) < 4.78 is 0. The Morgan fingerprint density at radius 3 is 2.60 bits per heavy atom. The lowest BCUT2D eigenvalue weighted by Crippen LogP contribution is -2.19. The number of hydrazine groups is 1. The monoisotopic (exact) mass is 223 g/mol. The third-order valence-electron chi connectivity index (χ3n) is 1.98. The van der Waals surface area contributed by atoms with Crippen LogP contribution in [-0.4, -0.2) is 11.1 Å². The molecule has 1 aliphatic rings. The lowest BCUT2D eigenvalue weighted by molar-refractivity contribution is 0.0706. The second-order valence-electron chi connectivity index (χ2n) is 2.89. The quantitative estimate of drug-likeness (QED) is 0.340. The van der Waals surface area contributed by atoms with Gasteiger partial charge in [-0.25, -0.2) is 5.48 Å². The third kappa shape index (κ3) is 2.12. The summed E-state index contributed by atoms with van der Waals surface area (Å²) in [5.74, 6) is -0.512. The van der Waals surface area contributed by atoms with Crippen LogP contribution in [0.1, 0.15) is 15.9 Å². The Balaban J connectivity index is 2.20. The van der Waals surface area contributed by atoms with E-state index in [1.807, 2.05) is 5.41 Å². The molecule has 0 bridgehead atoms. The molecule has 5 nitrogen and oxygen atoms in total. The number of hydroxylamine groups is 1. The predicted molar refractivity (Wildman–Crippen MR) is 57.5 cm³/mol. The molecule has 0 atom stereocenters. The first-order chi connectivity index (χ1) is 7.31. The molecule has 15 heavy (non-hydrogen) atoms. The Hall–Kier alpha value is -1.50. The minimum absolute atomic E-state index is 0.417. The van der Waals surface area contributed by atoms with Gasteiger partial charge in [-0.2, -0.15) is 4.83 Å². The van der Waals surface area contributed by atoms with Crippen molar-refractivity contribution < 1.29 is 10.0 Å². The fourth-order valence-electron chi connectivity index (χ4n) is 1.21. The summed E-state index contributed by atoms with van der Waals surface area (Å²) in [5, 5.41) is 10.4. The Morgan fingerprint density at radius 2 is 2.07 bits per heavy atom. The Labute approximate surface area is 90.6 Å². The maximum atomic E-state index is 11.0. The number of nitrogens with one attached hydrogen (secondary N) is 3. The van der Waals surface area contributed by atoms with Crippen molar-refractivity contribution in [1.82, 2.24) is 15.7 Å². The van der Waals surface area contributed by atoms with Crippen LogP contribution in [0.15, 0.2) is 29.7 Å². The molecule has 4 N–H and O–H groups in total. The minimum Gasteiger partial charge on any atom is -0.310 e. The summed E-state index contributed by atoms with van der Waals surface area (Å²) >= 11 is 1.45. The lowest BCUT2D eigenvalue weighted by Gasteiger charge is -2.04. The summed E-state index contributed by atoms with van der Waals surface area (Å²) in [6.07, 6.45) is 0. The number of benzene rings is 1. The molecular weight excluding hydrogens is 214 g/mol. The van der Waals surface area contributed by atoms with Gasteiger partial charge in [0.25, 0.3) is 5.91 Å². The van der Waals surface area contributed by atoms with Crippen molar-refractivity contribution in [2.75, 3.05) is 0 Å². The average Bonchev–Trinajstić information content (AvgIpc) is 2.82. The lowest BCUT2D eigenvalue weighted by atomic mass is 10.1. The largest absolute Gasteiger partial charge is 0.310 e. The molecule has 78 valence electrons. The zero-order valence-electron chi connectivity index (χ0n) is 7.65. The SMILES string of the molecule is O=C(NO)c1ccc(C2=CSNN2)cc1. The highest BCUT2D eigenvalue weighted by Crippen LogP contribution is 2.19. The van der Waals surface area contributed by atoms with Crippen molar-refractivity contribution in [2.24, 2.45) is 0 Å².